The molecule has 0 fully saturated rings. The van der Waals surface area contributed by atoms with Gasteiger partial charge >= 0.3 is 5.97 Å². The minimum Gasteiger partial charge on any atom is -0.481 e. The van der Waals surface area contributed by atoms with Crippen molar-refractivity contribution in [1.82, 2.24) is 10.3 Å². The largest absolute Gasteiger partial charge is 0.481 e. The highest BCUT2D eigenvalue weighted by Crippen LogP contribution is 2.16. The molecule has 0 aromatic carbocycles. The third kappa shape index (κ3) is 4.95. The SMILES string of the molecule is Cc1nc(C)c(CCNC(=O)CCC(=O)O)s1. The summed E-state index contributed by atoms with van der Waals surface area (Å²) in [5.74, 6) is -1.17. The van der Waals surface area contributed by atoms with Crippen molar-refractivity contribution in [2.75, 3.05) is 6.54 Å². The summed E-state index contributed by atoms with van der Waals surface area (Å²) in [4.78, 5) is 27.0. The number of aromatic nitrogens is 1. The first-order valence-electron chi connectivity index (χ1n) is 5.40. The van der Waals surface area contributed by atoms with Crippen molar-refractivity contribution in [2.45, 2.75) is 33.1 Å². The summed E-state index contributed by atoms with van der Waals surface area (Å²) in [7, 11) is 0. The number of aryl methyl sites for hydroxylation is 2. The number of hydrogen-bond donors (Lipinski definition) is 2. The van der Waals surface area contributed by atoms with E-state index < -0.39 is 5.97 Å². The predicted octanol–water partition coefficient (Wildman–Crippen LogP) is 1.28. The zero-order chi connectivity index (χ0) is 12.8. The van der Waals surface area contributed by atoms with Crippen LogP contribution < -0.4 is 5.32 Å². The lowest BCUT2D eigenvalue weighted by atomic mass is 10.2. The van der Waals surface area contributed by atoms with E-state index in [-0.39, 0.29) is 18.7 Å². The summed E-state index contributed by atoms with van der Waals surface area (Å²) >= 11 is 1.63. The second-order valence-electron chi connectivity index (χ2n) is 3.74. The van der Waals surface area contributed by atoms with Crippen molar-refractivity contribution < 1.29 is 14.7 Å². The molecule has 5 nitrogen and oxygen atoms in total. The lowest BCUT2D eigenvalue weighted by molar-refractivity contribution is -0.138. The number of nitrogens with zero attached hydrogens (tertiary/aromatic N) is 1. The maximum Gasteiger partial charge on any atom is 0.303 e. The molecular weight excluding hydrogens is 240 g/mol. The molecule has 0 saturated carbocycles. The molecule has 94 valence electrons. The first kappa shape index (κ1) is 13.6. The van der Waals surface area contributed by atoms with E-state index in [9.17, 15) is 9.59 Å². The quantitative estimate of drug-likeness (QED) is 0.803. The summed E-state index contributed by atoms with van der Waals surface area (Å²) in [6, 6.07) is 0. The van der Waals surface area contributed by atoms with E-state index in [2.05, 4.69) is 10.3 Å². The Hall–Kier alpha value is -1.43. The number of hydrogen-bond acceptors (Lipinski definition) is 4. The molecule has 0 aliphatic heterocycles. The van der Waals surface area contributed by atoms with E-state index in [0.717, 1.165) is 17.1 Å². The minimum atomic E-state index is -0.950. The second-order valence-corrected chi connectivity index (χ2v) is 5.02. The number of carboxylic acids is 1. The van der Waals surface area contributed by atoms with E-state index in [1.165, 1.54) is 4.88 Å². The Morgan fingerprint density at radius 3 is 2.59 bits per heavy atom. The van der Waals surface area contributed by atoms with E-state index >= 15 is 0 Å². The lowest BCUT2D eigenvalue weighted by Gasteiger charge is -2.03. The van der Waals surface area contributed by atoms with Crippen LogP contribution >= 0.6 is 11.3 Å². The van der Waals surface area contributed by atoms with Crippen LogP contribution in [0.15, 0.2) is 0 Å². The molecule has 0 spiro atoms. The van der Waals surface area contributed by atoms with Crippen LogP contribution in [-0.2, 0) is 16.0 Å². The fourth-order valence-corrected chi connectivity index (χ4v) is 2.37. The number of nitrogens with one attached hydrogen (secondary N) is 1. The molecule has 1 amide bonds. The van der Waals surface area contributed by atoms with Crippen LogP contribution in [0.4, 0.5) is 0 Å². The number of aliphatic carboxylic acids is 1. The standard InChI is InChI=1S/C11H16N2O3S/c1-7-9(17-8(2)13-7)5-6-12-10(14)3-4-11(15)16/h3-6H2,1-2H3,(H,12,14)(H,15,16). The van der Waals surface area contributed by atoms with E-state index in [4.69, 9.17) is 5.11 Å². The fourth-order valence-electron chi connectivity index (χ4n) is 1.43. The average molecular weight is 256 g/mol. The summed E-state index contributed by atoms with van der Waals surface area (Å²) < 4.78 is 0. The van der Waals surface area contributed by atoms with Gasteiger partial charge in [0.15, 0.2) is 0 Å². The van der Waals surface area contributed by atoms with Gasteiger partial charge in [0.05, 0.1) is 17.1 Å². The highest BCUT2D eigenvalue weighted by atomic mass is 32.1. The summed E-state index contributed by atoms with van der Waals surface area (Å²) in [6.07, 6.45) is 0.663. The second kappa shape index (κ2) is 6.34. The molecule has 2 N–H and O–H groups in total. The number of carbonyl (C=O) groups is 2. The third-order valence-electron chi connectivity index (χ3n) is 2.24. The van der Waals surface area contributed by atoms with Crippen LogP contribution in [0.25, 0.3) is 0 Å². The lowest BCUT2D eigenvalue weighted by Crippen LogP contribution is -2.25. The Labute approximate surface area is 104 Å². The van der Waals surface area contributed by atoms with Gasteiger partial charge in [0, 0.05) is 24.3 Å². The van der Waals surface area contributed by atoms with Gasteiger partial charge in [-0.3, -0.25) is 9.59 Å². The van der Waals surface area contributed by atoms with Crippen molar-refractivity contribution >= 4 is 23.2 Å². The summed E-state index contributed by atoms with van der Waals surface area (Å²) in [5, 5.41) is 12.1. The van der Waals surface area contributed by atoms with Crippen molar-refractivity contribution in [3.63, 3.8) is 0 Å². The molecule has 1 rings (SSSR count). The van der Waals surface area contributed by atoms with Gasteiger partial charge in [0.1, 0.15) is 0 Å². The van der Waals surface area contributed by atoms with Crippen LogP contribution in [0.2, 0.25) is 0 Å². The van der Waals surface area contributed by atoms with Gasteiger partial charge in [-0.15, -0.1) is 11.3 Å². The topological polar surface area (TPSA) is 79.3 Å². The van der Waals surface area contributed by atoms with Gasteiger partial charge in [-0.1, -0.05) is 0 Å². The number of rotatable bonds is 6. The number of thiazole rings is 1. The zero-order valence-corrected chi connectivity index (χ0v) is 10.8. The number of carboxylic acid groups (broad SMARTS) is 1. The van der Waals surface area contributed by atoms with Gasteiger partial charge < -0.3 is 10.4 Å². The highest BCUT2D eigenvalue weighted by molar-refractivity contribution is 7.11. The Morgan fingerprint density at radius 2 is 2.06 bits per heavy atom. The smallest absolute Gasteiger partial charge is 0.303 e. The van der Waals surface area contributed by atoms with Crippen LogP contribution in [0.1, 0.15) is 28.4 Å². The average Bonchev–Trinajstić information content (AvgIpc) is 2.55. The van der Waals surface area contributed by atoms with Crippen molar-refractivity contribution in [1.29, 1.82) is 0 Å². The van der Waals surface area contributed by atoms with Crippen molar-refractivity contribution in [3.8, 4) is 0 Å². The predicted molar refractivity (Wildman–Crippen MR) is 65.2 cm³/mol. The molecule has 0 aliphatic carbocycles. The molecule has 1 heterocycles. The third-order valence-corrected chi connectivity index (χ3v) is 3.37. The Balaban J connectivity index is 2.26. The van der Waals surface area contributed by atoms with Crippen molar-refractivity contribution in [3.05, 3.63) is 15.6 Å². The molecule has 0 atom stereocenters. The highest BCUT2D eigenvalue weighted by Gasteiger charge is 2.07. The minimum absolute atomic E-state index is 0.0377. The van der Waals surface area contributed by atoms with Gasteiger partial charge in [-0.25, -0.2) is 4.98 Å². The summed E-state index contributed by atoms with van der Waals surface area (Å²) in [5.41, 5.74) is 1.01. The molecule has 0 radical (unpaired) electrons. The first-order valence-corrected chi connectivity index (χ1v) is 6.22. The summed E-state index contributed by atoms with van der Waals surface area (Å²) in [6.45, 7) is 4.43. The van der Waals surface area contributed by atoms with Crippen LogP contribution in [0, 0.1) is 13.8 Å². The first-order chi connectivity index (χ1) is 7.99. The molecule has 0 aliphatic rings. The maximum atomic E-state index is 11.2. The Kier molecular flexibility index (Phi) is 5.09. The molecule has 17 heavy (non-hydrogen) atoms. The van der Waals surface area contributed by atoms with Gasteiger partial charge in [0.2, 0.25) is 5.91 Å². The number of carbonyl (C=O) groups excluding carboxylic acids is 1. The Bertz CT molecular complexity index is 415. The zero-order valence-electron chi connectivity index (χ0n) is 9.95. The van der Waals surface area contributed by atoms with E-state index in [0.29, 0.717) is 6.54 Å². The molecule has 0 saturated heterocycles. The van der Waals surface area contributed by atoms with Crippen LogP contribution in [-0.4, -0.2) is 28.5 Å². The molecule has 0 bridgehead atoms. The maximum absolute atomic E-state index is 11.2. The monoisotopic (exact) mass is 256 g/mol. The molecule has 6 heteroatoms. The van der Waals surface area contributed by atoms with Crippen LogP contribution in [0.3, 0.4) is 0 Å². The van der Waals surface area contributed by atoms with E-state index in [1.54, 1.807) is 11.3 Å². The fraction of sp³-hybridized carbons (Fsp3) is 0.545. The molecule has 0 unspecified atom stereocenters. The Morgan fingerprint density at radius 1 is 1.35 bits per heavy atom. The van der Waals surface area contributed by atoms with Gasteiger partial charge in [-0.2, -0.15) is 0 Å². The molecular formula is C11H16N2O3S. The molecule has 1 aromatic heterocycles. The van der Waals surface area contributed by atoms with Gasteiger partial charge in [0.25, 0.3) is 0 Å². The van der Waals surface area contributed by atoms with Gasteiger partial charge in [-0.05, 0) is 13.8 Å². The number of amides is 1. The van der Waals surface area contributed by atoms with Crippen molar-refractivity contribution in [2.24, 2.45) is 0 Å². The van der Waals surface area contributed by atoms with E-state index in [1.807, 2.05) is 13.8 Å². The normalized spacial score (nSPS) is 10.2. The molecule has 1 aromatic rings. The van der Waals surface area contributed by atoms with Crippen LogP contribution in [0.5, 0.6) is 0 Å².